The van der Waals surface area contributed by atoms with E-state index in [2.05, 4.69) is 5.32 Å². The molecule has 2 atom stereocenters. The quantitative estimate of drug-likeness (QED) is 0.759. The second-order valence-electron chi connectivity index (χ2n) is 5.87. The Balaban J connectivity index is 1.69. The fourth-order valence-corrected chi connectivity index (χ4v) is 3.04. The first-order chi connectivity index (χ1) is 11.1. The Morgan fingerprint density at radius 1 is 1.09 bits per heavy atom. The Bertz CT molecular complexity index is 660. The SMILES string of the molecule is Oc1ccc(OC[C@@H]2CNCCC2c2ccc(F)cc2)cc1O. The standard InChI is InChI=1S/C18H20FNO3/c19-14-3-1-12(2-4-14)16-7-8-20-10-13(16)11-23-15-5-6-17(21)18(22)9-15/h1-6,9,13,16,20-22H,7-8,10-11H2/t13-,16?/m0/s1. The molecular formula is C18H20FNO3. The average Bonchev–Trinajstić information content (AvgIpc) is 2.57. The van der Waals surface area contributed by atoms with Crippen LogP contribution in [0.5, 0.6) is 17.2 Å². The van der Waals surface area contributed by atoms with Gasteiger partial charge in [0, 0.05) is 18.5 Å². The molecule has 1 aliphatic rings. The highest BCUT2D eigenvalue weighted by molar-refractivity contribution is 5.43. The Morgan fingerprint density at radius 3 is 2.61 bits per heavy atom. The summed E-state index contributed by atoms with van der Waals surface area (Å²) in [6.07, 6.45) is 0.973. The number of ether oxygens (including phenoxy) is 1. The van der Waals surface area contributed by atoms with Crippen molar-refractivity contribution in [3.63, 3.8) is 0 Å². The van der Waals surface area contributed by atoms with Crippen LogP contribution < -0.4 is 10.1 Å². The predicted octanol–water partition coefficient (Wildman–Crippen LogP) is 3.01. The van der Waals surface area contributed by atoms with Crippen molar-refractivity contribution in [3.05, 3.63) is 53.8 Å². The zero-order chi connectivity index (χ0) is 16.2. The molecule has 0 bridgehead atoms. The van der Waals surface area contributed by atoms with Gasteiger partial charge in [0.1, 0.15) is 11.6 Å². The molecular weight excluding hydrogens is 297 g/mol. The number of hydrogen-bond acceptors (Lipinski definition) is 4. The van der Waals surface area contributed by atoms with Crippen LogP contribution in [0.25, 0.3) is 0 Å². The highest BCUT2D eigenvalue weighted by Gasteiger charge is 2.27. The minimum absolute atomic E-state index is 0.166. The molecule has 4 nitrogen and oxygen atoms in total. The second-order valence-corrected chi connectivity index (χ2v) is 5.87. The van der Waals surface area contributed by atoms with Crippen LogP contribution >= 0.6 is 0 Å². The average molecular weight is 317 g/mol. The Hall–Kier alpha value is -2.27. The van der Waals surface area contributed by atoms with Gasteiger partial charge in [-0.1, -0.05) is 12.1 Å². The van der Waals surface area contributed by atoms with Gasteiger partial charge >= 0.3 is 0 Å². The fraction of sp³-hybridized carbons (Fsp3) is 0.333. The van der Waals surface area contributed by atoms with Crippen LogP contribution in [0, 0.1) is 11.7 Å². The van der Waals surface area contributed by atoms with Gasteiger partial charge in [-0.2, -0.15) is 0 Å². The summed E-state index contributed by atoms with van der Waals surface area (Å²) >= 11 is 0. The summed E-state index contributed by atoms with van der Waals surface area (Å²) in [5.74, 6) is 0.492. The van der Waals surface area contributed by atoms with Crippen molar-refractivity contribution in [1.82, 2.24) is 5.32 Å². The molecule has 0 spiro atoms. The molecule has 0 aliphatic carbocycles. The number of halogens is 1. The van der Waals surface area contributed by atoms with E-state index in [1.807, 2.05) is 12.1 Å². The predicted molar refractivity (Wildman–Crippen MR) is 85.4 cm³/mol. The molecule has 0 aromatic heterocycles. The first kappa shape index (κ1) is 15.6. The molecule has 1 heterocycles. The number of aromatic hydroxyl groups is 2. The number of benzene rings is 2. The largest absolute Gasteiger partial charge is 0.504 e. The maximum atomic E-state index is 13.1. The van der Waals surface area contributed by atoms with Gasteiger partial charge in [-0.15, -0.1) is 0 Å². The summed E-state index contributed by atoms with van der Waals surface area (Å²) in [5, 5.41) is 22.2. The number of phenolic OH excluding ortho intramolecular Hbond substituents is 2. The van der Waals surface area contributed by atoms with E-state index in [1.165, 1.54) is 24.3 Å². The van der Waals surface area contributed by atoms with Crippen molar-refractivity contribution in [2.45, 2.75) is 12.3 Å². The van der Waals surface area contributed by atoms with Gasteiger partial charge in [0.15, 0.2) is 11.5 Å². The van der Waals surface area contributed by atoms with Gasteiger partial charge in [0.2, 0.25) is 0 Å². The third-order valence-corrected chi connectivity index (χ3v) is 4.32. The second kappa shape index (κ2) is 6.87. The lowest BCUT2D eigenvalue weighted by molar-refractivity contribution is 0.196. The van der Waals surface area contributed by atoms with Crippen molar-refractivity contribution in [3.8, 4) is 17.2 Å². The molecule has 2 aromatic carbocycles. The summed E-state index contributed by atoms with van der Waals surface area (Å²) in [5.41, 5.74) is 1.12. The smallest absolute Gasteiger partial charge is 0.161 e. The van der Waals surface area contributed by atoms with Crippen LogP contribution in [0.3, 0.4) is 0 Å². The van der Waals surface area contributed by atoms with Gasteiger partial charge in [-0.25, -0.2) is 4.39 Å². The molecule has 5 heteroatoms. The summed E-state index contributed by atoms with van der Waals surface area (Å²) in [6, 6.07) is 11.1. The van der Waals surface area contributed by atoms with Gasteiger partial charge < -0.3 is 20.3 Å². The maximum Gasteiger partial charge on any atom is 0.161 e. The first-order valence-electron chi connectivity index (χ1n) is 7.74. The molecule has 0 amide bonds. The highest BCUT2D eigenvalue weighted by Crippen LogP contribution is 2.32. The van der Waals surface area contributed by atoms with E-state index < -0.39 is 0 Å². The Morgan fingerprint density at radius 2 is 1.87 bits per heavy atom. The van der Waals surface area contributed by atoms with E-state index in [0.717, 1.165) is 25.1 Å². The van der Waals surface area contributed by atoms with E-state index in [-0.39, 0.29) is 23.2 Å². The van der Waals surface area contributed by atoms with Crippen molar-refractivity contribution >= 4 is 0 Å². The molecule has 3 N–H and O–H groups in total. The molecule has 3 rings (SSSR count). The van der Waals surface area contributed by atoms with Crippen molar-refractivity contribution in [2.24, 2.45) is 5.92 Å². The summed E-state index contributed by atoms with van der Waals surface area (Å²) < 4.78 is 18.9. The van der Waals surface area contributed by atoms with Gasteiger partial charge in [0.25, 0.3) is 0 Å². The van der Waals surface area contributed by atoms with Crippen molar-refractivity contribution in [2.75, 3.05) is 19.7 Å². The normalized spacial score (nSPS) is 21.1. The number of nitrogens with one attached hydrogen (secondary N) is 1. The van der Waals surface area contributed by atoms with E-state index >= 15 is 0 Å². The number of rotatable bonds is 4. The van der Waals surface area contributed by atoms with Crippen LogP contribution in [0.15, 0.2) is 42.5 Å². The van der Waals surface area contributed by atoms with E-state index in [0.29, 0.717) is 18.3 Å². The third kappa shape index (κ3) is 3.74. The topological polar surface area (TPSA) is 61.7 Å². The molecule has 1 aliphatic heterocycles. The molecule has 0 radical (unpaired) electrons. The highest BCUT2D eigenvalue weighted by atomic mass is 19.1. The van der Waals surface area contributed by atoms with Crippen LogP contribution in [0.1, 0.15) is 17.9 Å². The first-order valence-corrected chi connectivity index (χ1v) is 7.74. The van der Waals surface area contributed by atoms with Crippen molar-refractivity contribution < 1.29 is 19.3 Å². The molecule has 122 valence electrons. The van der Waals surface area contributed by atoms with Crippen molar-refractivity contribution in [1.29, 1.82) is 0 Å². The van der Waals surface area contributed by atoms with E-state index in [4.69, 9.17) is 4.74 Å². The molecule has 23 heavy (non-hydrogen) atoms. The monoisotopic (exact) mass is 317 g/mol. The number of hydrogen-bond donors (Lipinski definition) is 3. The zero-order valence-electron chi connectivity index (χ0n) is 12.7. The maximum absolute atomic E-state index is 13.1. The molecule has 1 saturated heterocycles. The lowest BCUT2D eigenvalue weighted by Gasteiger charge is -2.32. The zero-order valence-corrected chi connectivity index (χ0v) is 12.7. The van der Waals surface area contributed by atoms with Gasteiger partial charge in [-0.3, -0.25) is 0 Å². The lowest BCUT2D eigenvalue weighted by atomic mass is 9.81. The van der Waals surface area contributed by atoms with Crippen LogP contribution in [-0.2, 0) is 0 Å². The van der Waals surface area contributed by atoms with Crippen LogP contribution in [0.4, 0.5) is 4.39 Å². The summed E-state index contributed by atoms with van der Waals surface area (Å²) in [6.45, 7) is 2.24. The lowest BCUT2D eigenvalue weighted by Crippen LogP contribution is -2.38. The minimum Gasteiger partial charge on any atom is -0.504 e. The van der Waals surface area contributed by atoms with Gasteiger partial charge in [-0.05, 0) is 48.7 Å². The number of phenols is 2. The molecule has 1 fully saturated rings. The fourth-order valence-electron chi connectivity index (χ4n) is 3.04. The summed E-state index contributed by atoms with van der Waals surface area (Å²) in [4.78, 5) is 0. The Labute approximate surface area is 134 Å². The molecule has 2 aromatic rings. The van der Waals surface area contributed by atoms with Crippen LogP contribution in [0.2, 0.25) is 0 Å². The number of piperidine rings is 1. The third-order valence-electron chi connectivity index (χ3n) is 4.32. The molecule has 0 saturated carbocycles. The van der Waals surface area contributed by atoms with E-state index in [1.54, 1.807) is 6.07 Å². The van der Waals surface area contributed by atoms with Gasteiger partial charge in [0.05, 0.1) is 6.61 Å². The van der Waals surface area contributed by atoms with Crippen LogP contribution in [-0.4, -0.2) is 29.9 Å². The summed E-state index contributed by atoms with van der Waals surface area (Å²) in [7, 11) is 0. The molecule has 1 unspecified atom stereocenters. The van der Waals surface area contributed by atoms with E-state index in [9.17, 15) is 14.6 Å². The minimum atomic E-state index is -0.227. The Kier molecular flexibility index (Phi) is 4.67.